The van der Waals surface area contributed by atoms with Crippen molar-refractivity contribution in [1.82, 2.24) is 20.1 Å². The normalized spacial score (nSPS) is 10.8. The summed E-state index contributed by atoms with van der Waals surface area (Å²) in [5, 5.41) is 9.58. The molecule has 130 valence electrons. The van der Waals surface area contributed by atoms with E-state index in [0.29, 0.717) is 22.8 Å². The van der Waals surface area contributed by atoms with Gasteiger partial charge in [-0.3, -0.25) is 9.36 Å². The molecule has 0 saturated carbocycles. The Labute approximate surface area is 143 Å². The Bertz CT molecular complexity index is 757. The highest BCUT2D eigenvalue weighted by Crippen LogP contribution is 2.14. The molecule has 0 bridgehead atoms. The van der Waals surface area contributed by atoms with E-state index in [1.54, 1.807) is 19.1 Å². The number of hydrogen-bond donors (Lipinski definition) is 2. The number of thioether (sulfide) groups is 1. The minimum Gasteiger partial charge on any atom is -0.351 e. The van der Waals surface area contributed by atoms with Crippen molar-refractivity contribution in [3.05, 3.63) is 45.6 Å². The Morgan fingerprint density at radius 2 is 2.25 bits per heavy atom. The number of nitrogens with one attached hydrogen (secondary N) is 2. The fourth-order valence-electron chi connectivity index (χ4n) is 2.05. The van der Waals surface area contributed by atoms with Gasteiger partial charge < -0.3 is 5.32 Å². The van der Waals surface area contributed by atoms with Gasteiger partial charge in [-0.1, -0.05) is 37.2 Å². The smallest absolute Gasteiger partial charge is 0.343 e. The predicted molar refractivity (Wildman–Crippen MR) is 91.5 cm³/mol. The van der Waals surface area contributed by atoms with Crippen molar-refractivity contribution in [2.24, 2.45) is 0 Å². The number of carbonyl (C=O) groups is 1. The molecule has 0 radical (unpaired) electrons. The van der Waals surface area contributed by atoms with Crippen molar-refractivity contribution in [1.29, 1.82) is 0 Å². The summed E-state index contributed by atoms with van der Waals surface area (Å²) >= 11 is 1.20. The molecule has 0 aliphatic heterocycles. The highest BCUT2D eigenvalue weighted by atomic mass is 32.2. The molecule has 8 heteroatoms. The lowest BCUT2D eigenvalue weighted by atomic mass is 10.1. The second-order valence-electron chi connectivity index (χ2n) is 5.47. The van der Waals surface area contributed by atoms with Gasteiger partial charge in [-0.15, -0.1) is 5.10 Å². The standard InChI is InChI=1S/C16H21FN4O2S/c1-3-4-7-21-15(23)19-20-16(21)24-10-14(22)18-9-12-6-5-11(2)13(17)8-12/h5-6,8H,3-4,7,9-10H2,1-2H3,(H,18,22)(H,19,23). The summed E-state index contributed by atoms with van der Waals surface area (Å²) < 4.78 is 15.0. The van der Waals surface area contributed by atoms with E-state index in [-0.39, 0.29) is 29.7 Å². The first-order chi connectivity index (χ1) is 11.5. The number of H-pyrrole nitrogens is 1. The summed E-state index contributed by atoms with van der Waals surface area (Å²) in [7, 11) is 0. The molecule has 0 fully saturated rings. The molecule has 2 rings (SSSR count). The molecule has 1 amide bonds. The molecular formula is C16H21FN4O2S. The van der Waals surface area contributed by atoms with Crippen molar-refractivity contribution in [2.45, 2.75) is 44.9 Å². The highest BCUT2D eigenvalue weighted by Gasteiger charge is 2.11. The summed E-state index contributed by atoms with van der Waals surface area (Å²) in [6.45, 7) is 4.58. The fourth-order valence-corrected chi connectivity index (χ4v) is 2.86. The molecule has 2 aromatic rings. The minimum absolute atomic E-state index is 0.144. The Kier molecular flexibility index (Phi) is 6.60. The van der Waals surface area contributed by atoms with Gasteiger partial charge in [0.15, 0.2) is 5.16 Å². The van der Waals surface area contributed by atoms with Gasteiger partial charge in [0.25, 0.3) is 0 Å². The van der Waals surface area contributed by atoms with Crippen molar-refractivity contribution in [3.8, 4) is 0 Å². The van der Waals surface area contributed by atoms with Gasteiger partial charge in [0.05, 0.1) is 5.75 Å². The maximum absolute atomic E-state index is 13.5. The van der Waals surface area contributed by atoms with Crippen LogP contribution < -0.4 is 11.0 Å². The van der Waals surface area contributed by atoms with E-state index < -0.39 is 0 Å². The SMILES string of the molecule is CCCCn1c(SCC(=O)NCc2ccc(C)c(F)c2)n[nH]c1=O. The van der Waals surface area contributed by atoms with E-state index in [4.69, 9.17) is 0 Å². The molecular weight excluding hydrogens is 331 g/mol. The van der Waals surface area contributed by atoms with Crippen LogP contribution in [0, 0.1) is 12.7 Å². The number of amides is 1. The number of aromatic nitrogens is 3. The van der Waals surface area contributed by atoms with E-state index in [1.807, 2.05) is 6.92 Å². The van der Waals surface area contributed by atoms with Crippen molar-refractivity contribution in [2.75, 3.05) is 5.75 Å². The largest absolute Gasteiger partial charge is 0.351 e. The molecule has 6 nitrogen and oxygen atoms in total. The number of benzene rings is 1. The molecule has 0 unspecified atom stereocenters. The highest BCUT2D eigenvalue weighted by molar-refractivity contribution is 7.99. The molecule has 0 aliphatic carbocycles. The molecule has 1 aromatic carbocycles. The summed E-state index contributed by atoms with van der Waals surface area (Å²) in [6.07, 6.45) is 1.84. The number of hydrogen-bond acceptors (Lipinski definition) is 4. The third-order valence-corrected chi connectivity index (χ3v) is 4.49. The van der Waals surface area contributed by atoms with Crippen LogP contribution in [0.3, 0.4) is 0 Å². The van der Waals surface area contributed by atoms with Crippen molar-refractivity contribution >= 4 is 17.7 Å². The Morgan fingerprint density at radius 3 is 2.96 bits per heavy atom. The van der Waals surface area contributed by atoms with E-state index in [9.17, 15) is 14.0 Å². The molecule has 1 aromatic heterocycles. The van der Waals surface area contributed by atoms with Crippen molar-refractivity contribution in [3.63, 3.8) is 0 Å². The van der Waals surface area contributed by atoms with E-state index in [1.165, 1.54) is 22.4 Å². The van der Waals surface area contributed by atoms with Gasteiger partial charge >= 0.3 is 5.69 Å². The summed E-state index contributed by atoms with van der Waals surface area (Å²) in [6, 6.07) is 4.88. The topological polar surface area (TPSA) is 79.8 Å². The maximum atomic E-state index is 13.5. The van der Waals surface area contributed by atoms with Gasteiger partial charge in [0.1, 0.15) is 5.82 Å². The van der Waals surface area contributed by atoms with Gasteiger partial charge in [0, 0.05) is 13.1 Å². The number of aryl methyl sites for hydroxylation is 1. The minimum atomic E-state index is -0.285. The van der Waals surface area contributed by atoms with Crippen LogP contribution in [0.25, 0.3) is 0 Å². The lowest BCUT2D eigenvalue weighted by molar-refractivity contribution is -0.118. The molecule has 24 heavy (non-hydrogen) atoms. The average Bonchev–Trinajstić information content (AvgIpc) is 2.92. The zero-order valence-corrected chi connectivity index (χ0v) is 14.6. The molecule has 0 aliphatic rings. The second-order valence-corrected chi connectivity index (χ2v) is 6.41. The number of rotatable bonds is 8. The molecule has 2 N–H and O–H groups in total. The number of unbranched alkanes of at least 4 members (excludes halogenated alkanes) is 1. The Hall–Kier alpha value is -2.09. The first-order valence-corrected chi connectivity index (χ1v) is 8.79. The van der Waals surface area contributed by atoms with Crippen LogP contribution in [-0.2, 0) is 17.9 Å². The number of halogens is 1. The van der Waals surface area contributed by atoms with Crippen LogP contribution in [0.2, 0.25) is 0 Å². The van der Waals surface area contributed by atoms with Gasteiger partial charge in [-0.05, 0) is 30.5 Å². The average molecular weight is 352 g/mol. The molecule has 0 spiro atoms. The molecule has 0 atom stereocenters. The lowest BCUT2D eigenvalue weighted by Crippen LogP contribution is -2.25. The van der Waals surface area contributed by atoms with Crippen LogP contribution in [-0.4, -0.2) is 26.4 Å². The van der Waals surface area contributed by atoms with Crippen molar-refractivity contribution < 1.29 is 9.18 Å². The summed E-state index contributed by atoms with van der Waals surface area (Å²) in [5.74, 6) is -0.337. The quantitative estimate of drug-likeness (QED) is 0.714. The Morgan fingerprint density at radius 1 is 1.46 bits per heavy atom. The molecule has 1 heterocycles. The van der Waals surface area contributed by atoms with Crippen LogP contribution >= 0.6 is 11.8 Å². The van der Waals surface area contributed by atoms with E-state index in [0.717, 1.165) is 12.8 Å². The van der Waals surface area contributed by atoms with E-state index in [2.05, 4.69) is 15.5 Å². The predicted octanol–water partition coefficient (Wildman–Crippen LogP) is 2.23. The van der Waals surface area contributed by atoms with Gasteiger partial charge in [0.2, 0.25) is 5.91 Å². The third kappa shape index (κ3) is 4.95. The fraction of sp³-hybridized carbons (Fsp3) is 0.438. The molecule has 0 saturated heterocycles. The van der Waals surface area contributed by atoms with Crippen LogP contribution in [0.4, 0.5) is 4.39 Å². The Balaban J connectivity index is 1.85. The number of nitrogens with zero attached hydrogens (tertiary/aromatic N) is 2. The first kappa shape index (κ1) is 18.3. The van der Waals surface area contributed by atoms with Gasteiger partial charge in [-0.2, -0.15) is 0 Å². The zero-order valence-electron chi connectivity index (χ0n) is 13.8. The second kappa shape index (κ2) is 8.68. The zero-order chi connectivity index (χ0) is 17.5. The summed E-state index contributed by atoms with van der Waals surface area (Å²) in [5.41, 5.74) is 1.02. The van der Waals surface area contributed by atoms with Crippen LogP contribution in [0.1, 0.15) is 30.9 Å². The van der Waals surface area contributed by atoms with Gasteiger partial charge in [-0.25, -0.2) is 14.3 Å². The van der Waals surface area contributed by atoms with Crippen LogP contribution in [0.15, 0.2) is 28.2 Å². The van der Waals surface area contributed by atoms with E-state index >= 15 is 0 Å². The number of aromatic amines is 1. The number of carbonyl (C=O) groups excluding carboxylic acids is 1. The maximum Gasteiger partial charge on any atom is 0.343 e. The summed E-state index contributed by atoms with van der Waals surface area (Å²) in [4.78, 5) is 23.6. The third-order valence-electron chi connectivity index (χ3n) is 3.52. The lowest BCUT2D eigenvalue weighted by Gasteiger charge is -2.07. The monoisotopic (exact) mass is 352 g/mol. The van der Waals surface area contributed by atoms with Crippen LogP contribution in [0.5, 0.6) is 0 Å². The first-order valence-electron chi connectivity index (χ1n) is 7.81.